The van der Waals surface area contributed by atoms with Gasteiger partial charge in [0.1, 0.15) is 0 Å². The molecule has 1 aliphatic carbocycles. The molecule has 0 saturated heterocycles. The van der Waals surface area contributed by atoms with Gasteiger partial charge in [-0.05, 0) is 132 Å². The molecule has 0 aromatic heterocycles. The van der Waals surface area contributed by atoms with Crippen LogP contribution in [0, 0.1) is 11.3 Å². The van der Waals surface area contributed by atoms with Gasteiger partial charge in [0.05, 0.1) is 11.6 Å². The minimum Gasteiger partial charge on any atom is -0.310 e. The molecule has 0 fully saturated rings. The second-order valence-electron chi connectivity index (χ2n) is 13.4. The van der Waals surface area contributed by atoms with Gasteiger partial charge in [-0.1, -0.05) is 105 Å². The molecule has 0 amide bonds. The summed E-state index contributed by atoms with van der Waals surface area (Å²) in [6, 6.07) is 58.8. The minimum absolute atomic E-state index is 0.0442. The fourth-order valence-corrected chi connectivity index (χ4v) is 7.69. The Morgan fingerprint density at radius 3 is 1.79 bits per heavy atom. The Kier molecular flexibility index (Phi) is 6.26. The van der Waals surface area contributed by atoms with Crippen LogP contribution in [0.25, 0.3) is 54.6 Å². The van der Waals surface area contributed by atoms with E-state index >= 15 is 0 Å². The third kappa shape index (κ3) is 4.40. The maximum atomic E-state index is 9.44. The van der Waals surface area contributed by atoms with Gasteiger partial charge in [0, 0.05) is 22.5 Å². The Morgan fingerprint density at radius 2 is 1.02 bits per heavy atom. The number of rotatable bonds is 5. The number of hydrogen-bond acceptors (Lipinski definition) is 2. The Morgan fingerprint density at radius 1 is 0.438 bits per heavy atom. The summed E-state index contributed by atoms with van der Waals surface area (Å²) in [7, 11) is 0. The molecule has 48 heavy (non-hydrogen) atoms. The van der Waals surface area contributed by atoms with Gasteiger partial charge in [0.15, 0.2) is 0 Å². The topological polar surface area (TPSA) is 27.0 Å². The summed E-state index contributed by atoms with van der Waals surface area (Å²) in [5.74, 6) is 0. The highest BCUT2D eigenvalue weighted by molar-refractivity contribution is 6.15. The lowest BCUT2D eigenvalue weighted by Crippen LogP contribution is -2.15. The number of benzene rings is 8. The molecule has 0 N–H and O–H groups in total. The third-order valence-electron chi connectivity index (χ3n) is 10.2. The van der Waals surface area contributed by atoms with E-state index in [0.29, 0.717) is 5.56 Å². The average Bonchev–Trinajstić information content (AvgIpc) is 3.38. The molecule has 9 rings (SSSR count). The second kappa shape index (κ2) is 10.7. The van der Waals surface area contributed by atoms with E-state index in [-0.39, 0.29) is 5.41 Å². The molecule has 0 spiro atoms. The molecule has 8 aromatic carbocycles. The first-order chi connectivity index (χ1) is 23.5. The van der Waals surface area contributed by atoms with Gasteiger partial charge < -0.3 is 4.90 Å². The van der Waals surface area contributed by atoms with Crippen LogP contribution in [0.3, 0.4) is 0 Å². The first kappa shape index (κ1) is 28.1. The van der Waals surface area contributed by atoms with Crippen LogP contribution < -0.4 is 4.90 Å². The molecular formula is C46H32N2. The van der Waals surface area contributed by atoms with Gasteiger partial charge in [0.2, 0.25) is 0 Å². The van der Waals surface area contributed by atoms with Crippen molar-refractivity contribution < 1.29 is 0 Å². The summed E-state index contributed by atoms with van der Waals surface area (Å²) in [4.78, 5) is 2.26. The zero-order chi connectivity index (χ0) is 32.4. The van der Waals surface area contributed by atoms with Crippen LogP contribution in [0.1, 0.15) is 30.5 Å². The standard InChI is InChI=1S/C46H32N2/c1-46(2)42-10-6-9-33-13-16-37-26-38(28-43(46)45(37)44(33)42)35-14-15-36-27-41(24-19-34(36)25-35)48(39-20-11-30(29-47)12-21-39)40-22-17-32(18-23-40)31-7-4-3-5-8-31/h3-28H,1-2H3. The summed E-state index contributed by atoms with van der Waals surface area (Å²) in [5, 5.41) is 17.3. The third-order valence-corrected chi connectivity index (χ3v) is 10.2. The summed E-state index contributed by atoms with van der Waals surface area (Å²) in [6.45, 7) is 4.72. The van der Waals surface area contributed by atoms with Crippen LogP contribution in [0.15, 0.2) is 158 Å². The van der Waals surface area contributed by atoms with E-state index in [9.17, 15) is 5.26 Å². The molecule has 0 saturated carbocycles. The molecule has 2 nitrogen and oxygen atoms in total. The van der Waals surface area contributed by atoms with Crippen LogP contribution in [0.5, 0.6) is 0 Å². The van der Waals surface area contributed by atoms with Crippen molar-refractivity contribution in [1.29, 1.82) is 5.26 Å². The van der Waals surface area contributed by atoms with E-state index in [1.807, 2.05) is 30.3 Å². The van der Waals surface area contributed by atoms with E-state index in [1.54, 1.807) is 0 Å². The summed E-state index contributed by atoms with van der Waals surface area (Å²) in [6.07, 6.45) is 0. The van der Waals surface area contributed by atoms with Crippen molar-refractivity contribution in [3.8, 4) is 28.3 Å². The molecule has 0 atom stereocenters. The van der Waals surface area contributed by atoms with E-state index in [1.165, 1.54) is 65.7 Å². The highest BCUT2D eigenvalue weighted by Crippen LogP contribution is 2.50. The van der Waals surface area contributed by atoms with Crippen molar-refractivity contribution in [3.63, 3.8) is 0 Å². The number of nitriles is 1. The molecule has 0 radical (unpaired) electrons. The lowest BCUT2D eigenvalue weighted by molar-refractivity contribution is 0.663. The zero-order valence-electron chi connectivity index (χ0n) is 26.9. The largest absolute Gasteiger partial charge is 0.310 e. The smallest absolute Gasteiger partial charge is 0.0991 e. The fourth-order valence-electron chi connectivity index (χ4n) is 7.69. The SMILES string of the molecule is CC1(C)c2cccc3ccc4cc(-c5ccc6cc(N(c7ccc(C#N)cc7)c7ccc(-c8ccccc8)cc7)ccc6c5)cc1c4c23. The van der Waals surface area contributed by atoms with Gasteiger partial charge in [-0.25, -0.2) is 0 Å². The van der Waals surface area contributed by atoms with E-state index in [4.69, 9.17) is 0 Å². The first-order valence-electron chi connectivity index (χ1n) is 16.5. The number of nitrogens with zero attached hydrogens (tertiary/aromatic N) is 2. The Balaban J connectivity index is 1.12. The fraction of sp³-hybridized carbons (Fsp3) is 0.0652. The van der Waals surface area contributed by atoms with Crippen molar-refractivity contribution in [2.45, 2.75) is 19.3 Å². The molecule has 2 heteroatoms. The number of fused-ring (bicyclic) bond motifs is 1. The maximum absolute atomic E-state index is 9.44. The Labute approximate surface area is 280 Å². The predicted octanol–water partition coefficient (Wildman–Crippen LogP) is 12.5. The van der Waals surface area contributed by atoms with Crippen LogP contribution in [0.4, 0.5) is 17.1 Å². The monoisotopic (exact) mass is 612 g/mol. The first-order valence-corrected chi connectivity index (χ1v) is 16.5. The van der Waals surface area contributed by atoms with Gasteiger partial charge in [-0.15, -0.1) is 0 Å². The van der Waals surface area contributed by atoms with Crippen molar-refractivity contribution >= 4 is 49.4 Å². The molecule has 1 aliphatic rings. The van der Waals surface area contributed by atoms with Gasteiger partial charge in [-0.2, -0.15) is 5.26 Å². The molecule has 0 heterocycles. The van der Waals surface area contributed by atoms with Crippen LogP contribution in [-0.4, -0.2) is 0 Å². The lowest BCUT2D eigenvalue weighted by Gasteiger charge is -2.26. The summed E-state index contributed by atoms with van der Waals surface area (Å²) in [5.41, 5.74) is 11.4. The molecule has 226 valence electrons. The van der Waals surface area contributed by atoms with Crippen molar-refractivity contribution in [3.05, 3.63) is 174 Å². The summed E-state index contributed by atoms with van der Waals surface area (Å²) >= 11 is 0. The number of anilines is 3. The molecule has 8 aromatic rings. The molecule has 0 unspecified atom stereocenters. The minimum atomic E-state index is -0.0442. The molecule has 0 bridgehead atoms. The highest BCUT2D eigenvalue weighted by Gasteiger charge is 2.34. The lowest BCUT2D eigenvalue weighted by atomic mass is 9.81. The average molecular weight is 613 g/mol. The predicted molar refractivity (Wildman–Crippen MR) is 201 cm³/mol. The van der Waals surface area contributed by atoms with Gasteiger partial charge in [-0.3, -0.25) is 0 Å². The summed E-state index contributed by atoms with van der Waals surface area (Å²) < 4.78 is 0. The Hall–Kier alpha value is -6.17. The van der Waals surface area contributed by atoms with Gasteiger partial charge in [0.25, 0.3) is 0 Å². The maximum Gasteiger partial charge on any atom is 0.0991 e. The normalized spacial score (nSPS) is 12.9. The van der Waals surface area contributed by atoms with Crippen molar-refractivity contribution in [1.82, 2.24) is 0 Å². The highest BCUT2D eigenvalue weighted by atomic mass is 15.1. The van der Waals surface area contributed by atoms with Crippen LogP contribution in [-0.2, 0) is 5.41 Å². The Bertz CT molecular complexity index is 2570. The van der Waals surface area contributed by atoms with Crippen LogP contribution >= 0.6 is 0 Å². The van der Waals surface area contributed by atoms with Crippen LogP contribution in [0.2, 0.25) is 0 Å². The van der Waals surface area contributed by atoms with E-state index < -0.39 is 0 Å². The van der Waals surface area contributed by atoms with Gasteiger partial charge >= 0.3 is 0 Å². The van der Waals surface area contributed by atoms with Crippen molar-refractivity contribution in [2.75, 3.05) is 4.90 Å². The molecule has 0 aliphatic heterocycles. The second-order valence-corrected chi connectivity index (χ2v) is 13.4. The van der Waals surface area contributed by atoms with E-state index in [2.05, 4.69) is 152 Å². The number of hydrogen-bond donors (Lipinski definition) is 0. The van der Waals surface area contributed by atoms with Crippen molar-refractivity contribution in [2.24, 2.45) is 0 Å². The zero-order valence-corrected chi connectivity index (χ0v) is 26.9. The molecular weight excluding hydrogens is 581 g/mol. The quantitative estimate of drug-likeness (QED) is 0.181. The van der Waals surface area contributed by atoms with E-state index in [0.717, 1.165) is 17.1 Å².